The van der Waals surface area contributed by atoms with Gasteiger partial charge in [0.1, 0.15) is 19.6 Å². The molecule has 1 aromatic carbocycles. The van der Waals surface area contributed by atoms with Crippen molar-refractivity contribution < 1.29 is 23.7 Å². The van der Waals surface area contributed by atoms with Gasteiger partial charge >= 0.3 is 5.97 Å². The van der Waals surface area contributed by atoms with Gasteiger partial charge in [-0.25, -0.2) is 10.0 Å². The minimum atomic E-state index is -2.21. The number of nitrogens with one attached hydrogen (secondary N) is 1. The monoisotopic (exact) mass is 559 g/mol. The number of rotatable bonds is 10. The van der Waals surface area contributed by atoms with Gasteiger partial charge in [-0.1, -0.05) is 84.7 Å². The van der Waals surface area contributed by atoms with Crippen molar-refractivity contribution in [2.24, 2.45) is 23.2 Å². The first-order chi connectivity index (χ1) is 18.0. The Morgan fingerprint density at radius 1 is 1.03 bits per heavy atom. The molecule has 39 heavy (non-hydrogen) atoms. The maximum atomic E-state index is 13.4. The van der Waals surface area contributed by atoms with Gasteiger partial charge in [0.2, 0.25) is 0 Å². The predicted octanol–water partition coefficient (Wildman–Crippen LogP) is 6.81. The van der Waals surface area contributed by atoms with Crippen LogP contribution in [0.3, 0.4) is 0 Å². The SMILES string of the molecule is CC(C)(C)C(=O)N[N+]1(C[C@H](C[C@@H](Cc2ccccc2)C(=O)O)O[Si](C)(C)C(C)(C)C)CC[C@@H]2CCCC[C@@H]2C1. The van der Waals surface area contributed by atoms with Crippen molar-refractivity contribution in [1.82, 2.24) is 5.43 Å². The lowest BCUT2D eigenvalue weighted by atomic mass is 9.74. The third-order valence-electron chi connectivity index (χ3n) is 9.64. The summed E-state index contributed by atoms with van der Waals surface area (Å²) in [5, 5.41) is 10.3. The average Bonchev–Trinajstić information content (AvgIpc) is 2.82. The van der Waals surface area contributed by atoms with Crippen LogP contribution in [0.15, 0.2) is 30.3 Å². The van der Waals surface area contributed by atoms with Crippen LogP contribution in [-0.2, 0) is 20.4 Å². The summed E-state index contributed by atoms with van der Waals surface area (Å²) < 4.78 is 7.57. The topological polar surface area (TPSA) is 75.6 Å². The van der Waals surface area contributed by atoms with Gasteiger partial charge < -0.3 is 9.53 Å². The van der Waals surface area contributed by atoms with E-state index < -0.39 is 25.6 Å². The van der Waals surface area contributed by atoms with Crippen LogP contribution >= 0.6 is 0 Å². The number of carbonyl (C=O) groups excluding carboxylic acids is 1. The molecule has 1 saturated carbocycles. The number of aliphatic carboxylic acids is 1. The van der Waals surface area contributed by atoms with Gasteiger partial charge in [0.25, 0.3) is 5.91 Å². The van der Waals surface area contributed by atoms with Crippen LogP contribution in [0, 0.1) is 23.2 Å². The Balaban J connectivity index is 1.94. The van der Waals surface area contributed by atoms with Crippen molar-refractivity contribution >= 4 is 20.2 Å². The van der Waals surface area contributed by atoms with Crippen LogP contribution in [0.1, 0.15) is 85.6 Å². The van der Waals surface area contributed by atoms with Gasteiger partial charge in [0.05, 0.1) is 12.0 Å². The Hall–Kier alpha value is -1.70. The van der Waals surface area contributed by atoms with Crippen molar-refractivity contribution in [2.75, 3.05) is 19.6 Å². The summed E-state index contributed by atoms with van der Waals surface area (Å²) >= 11 is 0. The van der Waals surface area contributed by atoms with Gasteiger partial charge in [0.15, 0.2) is 8.32 Å². The van der Waals surface area contributed by atoms with E-state index in [-0.39, 0.29) is 17.0 Å². The van der Waals surface area contributed by atoms with E-state index in [0.717, 1.165) is 31.0 Å². The number of fused-ring (bicyclic) bond motifs is 1. The average molecular weight is 560 g/mol. The molecule has 1 aliphatic carbocycles. The molecule has 1 aromatic rings. The van der Waals surface area contributed by atoms with Gasteiger partial charge in [-0.3, -0.25) is 9.59 Å². The fourth-order valence-corrected chi connectivity index (χ4v) is 7.54. The molecule has 0 radical (unpaired) electrons. The van der Waals surface area contributed by atoms with E-state index in [9.17, 15) is 14.7 Å². The van der Waals surface area contributed by atoms with Crippen molar-refractivity contribution in [3.05, 3.63) is 35.9 Å². The molecule has 6 nitrogen and oxygen atoms in total. The number of nitrogens with zero attached hydrogens (tertiary/aromatic N) is 1. The number of quaternary nitrogens is 1. The van der Waals surface area contributed by atoms with Gasteiger partial charge in [-0.15, -0.1) is 0 Å². The van der Waals surface area contributed by atoms with Crippen molar-refractivity contribution in [3.8, 4) is 0 Å². The Kier molecular flexibility index (Phi) is 10.1. The van der Waals surface area contributed by atoms with E-state index in [0.29, 0.717) is 29.9 Å². The molecule has 3 rings (SSSR count). The third-order valence-corrected chi connectivity index (χ3v) is 14.2. The highest BCUT2D eigenvalue weighted by molar-refractivity contribution is 6.74. The second-order valence-electron chi connectivity index (χ2n) is 15.0. The molecular formula is C32H55N2O4Si+. The minimum absolute atomic E-state index is 0.000743. The Morgan fingerprint density at radius 2 is 1.64 bits per heavy atom. The van der Waals surface area contributed by atoms with E-state index in [1.807, 2.05) is 51.1 Å². The summed E-state index contributed by atoms with van der Waals surface area (Å²) in [4.78, 5) is 26.0. The fourth-order valence-electron chi connectivity index (χ4n) is 6.18. The Labute approximate surface area is 238 Å². The summed E-state index contributed by atoms with van der Waals surface area (Å²) in [6.45, 7) is 19.5. The molecule has 1 unspecified atom stereocenters. The zero-order valence-electron chi connectivity index (χ0n) is 25.9. The molecule has 1 amide bonds. The van der Waals surface area contributed by atoms with Gasteiger partial charge in [-0.2, -0.15) is 0 Å². The lowest BCUT2D eigenvalue weighted by Gasteiger charge is -2.50. The highest BCUT2D eigenvalue weighted by Crippen LogP contribution is 2.41. The van der Waals surface area contributed by atoms with Gasteiger partial charge in [-0.05, 0) is 55.3 Å². The molecule has 0 bridgehead atoms. The molecule has 220 valence electrons. The number of likely N-dealkylation sites (tertiary alicyclic amines) is 1. The second-order valence-corrected chi connectivity index (χ2v) is 19.7. The van der Waals surface area contributed by atoms with E-state index in [2.05, 4.69) is 39.3 Å². The molecular weight excluding hydrogens is 504 g/mol. The zero-order chi connectivity index (χ0) is 29.1. The molecule has 0 aromatic heterocycles. The number of amides is 1. The largest absolute Gasteiger partial charge is 0.481 e. The highest BCUT2D eigenvalue weighted by atomic mass is 28.4. The van der Waals surface area contributed by atoms with E-state index in [1.165, 1.54) is 25.7 Å². The Morgan fingerprint density at radius 3 is 2.21 bits per heavy atom. The van der Waals surface area contributed by atoms with E-state index in [1.54, 1.807) is 0 Å². The molecule has 0 spiro atoms. The molecule has 5 atom stereocenters. The lowest BCUT2D eigenvalue weighted by molar-refractivity contribution is -0.972. The molecule has 2 aliphatic rings. The molecule has 1 aliphatic heterocycles. The summed E-state index contributed by atoms with van der Waals surface area (Å²) in [6, 6.07) is 9.91. The first-order valence-electron chi connectivity index (χ1n) is 15.1. The van der Waals surface area contributed by atoms with Crippen LogP contribution in [0.2, 0.25) is 18.1 Å². The van der Waals surface area contributed by atoms with Crippen LogP contribution in [0.4, 0.5) is 0 Å². The number of carboxylic acids is 1. The first-order valence-corrected chi connectivity index (χ1v) is 18.1. The first kappa shape index (κ1) is 31.8. The number of carbonyl (C=O) groups is 2. The molecule has 2 N–H and O–H groups in total. The molecule has 2 fully saturated rings. The van der Waals surface area contributed by atoms with Crippen LogP contribution < -0.4 is 5.43 Å². The fraction of sp³-hybridized carbons (Fsp3) is 0.750. The van der Waals surface area contributed by atoms with Crippen molar-refractivity contribution in [1.29, 1.82) is 0 Å². The van der Waals surface area contributed by atoms with Crippen LogP contribution in [0.5, 0.6) is 0 Å². The predicted molar refractivity (Wildman–Crippen MR) is 160 cm³/mol. The normalized spacial score (nSPS) is 25.8. The summed E-state index contributed by atoms with van der Waals surface area (Å²) in [5.41, 5.74) is 4.03. The maximum absolute atomic E-state index is 13.4. The van der Waals surface area contributed by atoms with Crippen LogP contribution in [0.25, 0.3) is 0 Å². The van der Waals surface area contributed by atoms with Crippen molar-refractivity contribution in [3.63, 3.8) is 0 Å². The Bertz CT molecular complexity index is 969. The third kappa shape index (κ3) is 8.64. The number of hydrogen-bond acceptors (Lipinski definition) is 3. The van der Waals surface area contributed by atoms with Crippen LogP contribution in [-0.4, -0.2) is 55.6 Å². The number of piperidine rings is 1. The summed E-state index contributed by atoms with van der Waals surface area (Å²) in [6.07, 6.45) is 6.85. The molecule has 7 heteroatoms. The quantitative estimate of drug-likeness (QED) is 0.244. The number of hydrogen-bond donors (Lipinski definition) is 2. The minimum Gasteiger partial charge on any atom is -0.481 e. The smallest absolute Gasteiger partial charge is 0.306 e. The second kappa shape index (κ2) is 12.4. The lowest BCUT2D eigenvalue weighted by Crippen LogP contribution is -2.69. The van der Waals surface area contributed by atoms with E-state index >= 15 is 0 Å². The zero-order valence-corrected chi connectivity index (χ0v) is 26.9. The highest BCUT2D eigenvalue weighted by Gasteiger charge is 2.48. The number of carboxylic acid groups (broad SMARTS) is 1. The maximum Gasteiger partial charge on any atom is 0.306 e. The summed E-state index contributed by atoms with van der Waals surface area (Å²) in [7, 11) is -2.21. The standard InChI is InChI=1S/C32H54N2O4Si/c1-31(2,3)30(37)33-34(19-18-25-16-12-13-17-26(25)22-34)23-28(38-39(7,8)32(4,5)6)21-27(29(35)36)20-24-14-10-9-11-15-24/h9-11,14-15,25-28H,12-13,16-23H2,1-8H3,(H-,33,35,36,37)/p+1/t25-,26+,27+,28-,34?/m0/s1. The van der Waals surface area contributed by atoms with E-state index in [4.69, 9.17) is 4.43 Å². The van der Waals surface area contributed by atoms with Crippen molar-refractivity contribution in [2.45, 2.75) is 111 Å². The number of benzene rings is 1. The summed E-state index contributed by atoms with van der Waals surface area (Å²) in [5.74, 6) is 0.0654. The van der Waals surface area contributed by atoms with Gasteiger partial charge in [0, 0.05) is 17.8 Å². The molecule has 1 heterocycles. The molecule has 1 saturated heterocycles.